The van der Waals surface area contributed by atoms with Gasteiger partial charge in [0.05, 0.1) is 0 Å². The van der Waals surface area contributed by atoms with E-state index in [-0.39, 0.29) is 17.0 Å². The van der Waals surface area contributed by atoms with Crippen LogP contribution < -0.4 is 10.2 Å². The van der Waals surface area contributed by atoms with Crippen LogP contribution in [0.4, 0.5) is 24.0 Å². The van der Waals surface area contributed by atoms with Gasteiger partial charge in [-0.15, -0.1) is 10.2 Å². The van der Waals surface area contributed by atoms with Gasteiger partial charge in [0.2, 0.25) is 16.0 Å². The highest BCUT2D eigenvalue weighted by molar-refractivity contribution is 7.15. The Kier molecular flexibility index (Phi) is 5.14. The maximum Gasteiger partial charge on any atom is 0.445 e. The van der Waals surface area contributed by atoms with Gasteiger partial charge in [0, 0.05) is 29.7 Å². The molecule has 0 bridgehead atoms. The largest absolute Gasteiger partial charge is 0.445 e. The van der Waals surface area contributed by atoms with E-state index in [0.717, 1.165) is 5.69 Å². The van der Waals surface area contributed by atoms with E-state index in [0.29, 0.717) is 42.3 Å². The third-order valence-corrected chi connectivity index (χ3v) is 5.06. The Morgan fingerprint density at radius 3 is 2.60 bits per heavy atom. The standard InChI is InChI=1S/C15H14ClF3N4OS/c16-10-2-1-3-11(8-10)23-6-4-9(5-7-23)12(24)20-14-22-21-13(25-14)15(17,18)19/h1-3,8-9H,4-7H2,(H,20,22,24). The number of piperidine rings is 1. The van der Waals surface area contributed by atoms with Gasteiger partial charge in [-0.3, -0.25) is 4.79 Å². The molecule has 25 heavy (non-hydrogen) atoms. The monoisotopic (exact) mass is 390 g/mol. The summed E-state index contributed by atoms with van der Waals surface area (Å²) in [4.78, 5) is 14.4. The molecule has 0 saturated carbocycles. The van der Waals surface area contributed by atoms with E-state index in [1.165, 1.54) is 0 Å². The number of nitrogens with zero attached hydrogens (tertiary/aromatic N) is 3. The second-order valence-corrected chi connectivity index (χ2v) is 7.05. The topological polar surface area (TPSA) is 58.1 Å². The van der Waals surface area contributed by atoms with E-state index in [1.54, 1.807) is 6.07 Å². The zero-order chi connectivity index (χ0) is 18.0. The lowest BCUT2D eigenvalue weighted by atomic mass is 9.95. The van der Waals surface area contributed by atoms with Crippen LogP contribution >= 0.6 is 22.9 Å². The van der Waals surface area contributed by atoms with Gasteiger partial charge in [-0.05, 0) is 31.0 Å². The summed E-state index contributed by atoms with van der Waals surface area (Å²) in [5, 5.41) is 8.32. The van der Waals surface area contributed by atoms with Crippen molar-refractivity contribution in [1.29, 1.82) is 0 Å². The Hall–Kier alpha value is -1.87. The SMILES string of the molecule is O=C(Nc1nnc(C(F)(F)F)s1)C1CCN(c2cccc(Cl)c2)CC1. The Morgan fingerprint density at radius 1 is 1.28 bits per heavy atom. The number of carbonyl (C=O) groups excluding carboxylic acids is 1. The van der Waals surface area contributed by atoms with Crippen molar-refractivity contribution in [2.75, 3.05) is 23.3 Å². The van der Waals surface area contributed by atoms with Crippen molar-refractivity contribution in [2.24, 2.45) is 5.92 Å². The fourth-order valence-corrected chi connectivity index (χ4v) is 3.47. The molecule has 0 spiro atoms. The van der Waals surface area contributed by atoms with Crippen LogP contribution in [-0.2, 0) is 11.0 Å². The molecule has 3 rings (SSSR count). The van der Waals surface area contributed by atoms with Crippen LogP contribution in [0.25, 0.3) is 0 Å². The van der Waals surface area contributed by atoms with Crippen LogP contribution in [0.5, 0.6) is 0 Å². The number of halogens is 4. The number of hydrogen-bond acceptors (Lipinski definition) is 5. The van der Waals surface area contributed by atoms with E-state index < -0.39 is 11.2 Å². The van der Waals surface area contributed by atoms with Gasteiger partial charge >= 0.3 is 6.18 Å². The second-order valence-electron chi connectivity index (χ2n) is 5.64. The maximum absolute atomic E-state index is 12.5. The minimum atomic E-state index is -4.55. The molecule has 10 heteroatoms. The van der Waals surface area contributed by atoms with Crippen LogP contribution in [0.3, 0.4) is 0 Å². The van der Waals surface area contributed by atoms with Crippen LogP contribution in [0.1, 0.15) is 17.8 Å². The first-order valence-corrected chi connectivity index (χ1v) is 8.74. The highest BCUT2D eigenvalue weighted by Gasteiger charge is 2.36. The molecule has 1 fully saturated rings. The Balaban J connectivity index is 1.56. The Morgan fingerprint density at radius 2 is 2.00 bits per heavy atom. The van der Waals surface area contributed by atoms with Gasteiger partial charge in [0.1, 0.15) is 0 Å². The molecule has 0 radical (unpaired) electrons. The molecule has 1 aliphatic rings. The summed E-state index contributed by atoms with van der Waals surface area (Å²) in [6, 6.07) is 7.47. The van der Waals surface area contributed by atoms with Crippen molar-refractivity contribution in [3.05, 3.63) is 34.3 Å². The predicted octanol–water partition coefficient (Wildman–Crippen LogP) is 4.07. The molecule has 1 aliphatic heterocycles. The molecule has 2 aromatic rings. The fourth-order valence-electron chi connectivity index (χ4n) is 2.67. The van der Waals surface area contributed by atoms with E-state index in [1.807, 2.05) is 18.2 Å². The summed E-state index contributed by atoms with van der Waals surface area (Å²) in [5.41, 5.74) is 0.991. The van der Waals surface area contributed by atoms with Crippen LogP contribution in [0, 0.1) is 5.92 Å². The zero-order valence-corrected chi connectivity index (χ0v) is 14.5. The van der Waals surface area contributed by atoms with Crippen molar-refractivity contribution < 1.29 is 18.0 Å². The van der Waals surface area contributed by atoms with Crippen molar-refractivity contribution in [2.45, 2.75) is 19.0 Å². The molecule has 1 saturated heterocycles. The van der Waals surface area contributed by atoms with Gasteiger partial charge in [0.25, 0.3) is 0 Å². The molecular formula is C15H14ClF3N4OS. The smallest absolute Gasteiger partial charge is 0.371 e. The molecule has 1 amide bonds. The van der Waals surface area contributed by atoms with Crippen molar-refractivity contribution >= 4 is 39.7 Å². The number of rotatable bonds is 3. The lowest BCUT2D eigenvalue weighted by molar-refractivity contribution is -0.138. The number of carbonyl (C=O) groups is 1. The lowest BCUT2D eigenvalue weighted by Gasteiger charge is -2.32. The van der Waals surface area contributed by atoms with E-state index in [4.69, 9.17) is 11.6 Å². The van der Waals surface area contributed by atoms with E-state index in [9.17, 15) is 18.0 Å². The summed E-state index contributed by atoms with van der Waals surface area (Å²) in [6.07, 6.45) is -3.35. The number of hydrogen-bond donors (Lipinski definition) is 1. The molecule has 134 valence electrons. The number of aromatic nitrogens is 2. The molecule has 0 unspecified atom stereocenters. The summed E-state index contributed by atoms with van der Waals surface area (Å²) < 4.78 is 37.5. The van der Waals surface area contributed by atoms with Crippen LogP contribution in [0.15, 0.2) is 24.3 Å². The first kappa shape index (κ1) is 17.9. The number of alkyl halides is 3. The summed E-state index contributed by atoms with van der Waals surface area (Å²) in [5.74, 6) is -0.593. The second kappa shape index (κ2) is 7.17. The van der Waals surface area contributed by atoms with Crippen LogP contribution in [0.2, 0.25) is 5.02 Å². The molecule has 0 aliphatic carbocycles. The number of anilines is 2. The zero-order valence-electron chi connectivity index (χ0n) is 12.9. The summed E-state index contributed by atoms with van der Waals surface area (Å²) >= 11 is 6.31. The molecule has 1 aromatic heterocycles. The minimum Gasteiger partial charge on any atom is -0.371 e. The fraction of sp³-hybridized carbons (Fsp3) is 0.400. The average molecular weight is 391 g/mol. The normalized spacial score (nSPS) is 16.1. The van der Waals surface area contributed by atoms with Gasteiger partial charge < -0.3 is 10.2 Å². The first-order chi connectivity index (χ1) is 11.8. The lowest BCUT2D eigenvalue weighted by Crippen LogP contribution is -2.38. The van der Waals surface area contributed by atoms with Crippen LogP contribution in [-0.4, -0.2) is 29.2 Å². The van der Waals surface area contributed by atoms with Gasteiger partial charge in [0.15, 0.2) is 0 Å². The summed E-state index contributed by atoms with van der Waals surface area (Å²) in [7, 11) is 0. The molecule has 2 heterocycles. The maximum atomic E-state index is 12.5. The number of benzene rings is 1. The molecule has 1 N–H and O–H groups in total. The van der Waals surface area contributed by atoms with E-state index in [2.05, 4.69) is 20.4 Å². The quantitative estimate of drug-likeness (QED) is 0.858. The Bertz CT molecular complexity index is 759. The number of nitrogens with one attached hydrogen (secondary N) is 1. The molecular weight excluding hydrogens is 377 g/mol. The molecule has 5 nitrogen and oxygen atoms in total. The van der Waals surface area contributed by atoms with Gasteiger partial charge in [-0.1, -0.05) is 29.0 Å². The van der Waals surface area contributed by atoms with Gasteiger partial charge in [-0.25, -0.2) is 0 Å². The number of amides is 1. The molecule has 1 aromatic carbocycles. The predicted molar refractivity (Wildman–Crippen MR) is 89.9 cm³/mol. The highest BCUT2D eigenvalue weighted by Crippen LogP contribution is 2.33. The average Bonchev–Trinajstić information content (AvgIpc) is 3.04. The van der Waals surface area contributed by atoms with Crippen molar-refractivity contribution in [3.63, 3.8) is 0 Å². The minimum absolute atomic E-state index is 0.130. The molecule has 0 atom stereocenters. The third kappa shape index (κ3) is 4.40. The van der Waals surface area contributed by atoms with Gasteiger partial charge in [-0.2, -0.15) is 13.2 Å². The summed E-state index contributed by atoms with van der Waals surface area (Å²) in [6.45, 7) is 1.34. The first-order valence-electron chi connectivity index (χ1n) is 7.55. The van der Waals surface area contributed by atoms with Crippen molar-refractivity contribution in [3.8, 4) is 0 Å². The highest BCUT2D eigenvalue weighted by atomic mass is 35.5. The van der Waals surface area contributed by atoms with E-state index >= 15 is 0 Å². The third-order valence-electron chi connectivity index (χ3n) is 3.94. The van der Waals surface area contributed by atoms with Crippen molar-refractivity contribution in [1.82, 2.24) is 10.2 Å². The Labute approximate surface area is 150 Å².